The van der Waals surface area contributed by atoms with E-state index in [1.165, 1.54) is 50.5 Å². The number of thioether (sulfide) groups is 1. The molecule has 2 fully saturated rings. The van der Waals surface area contributed by atoms with Crippen LogP contribution >= 0.6 is 11.8 Å². The van der Waals surface area contributed by atoms with Crippen LogP contribution < -0.4 is 5.32 Å². The number of hydrogen-bond acceptors (Lipinski definition) is 3. The molecule has 2 unspecified atom stereocenters. The quantitative estimate of drug-likeness (QED) is 0.748. The second-order valence-electron chi connectivity index (χ2n) is 4.70. The maximum absolute atomic E-state index is 3.55. The smallest absolute Gasteiger partial charge is 0.0166 e. The summed E-state index contributed by atoms with van der Waals surface area (Å²) in [5, 5.41) is 3.55. The third-order valence-corrected chi connectivity index (χ3v) is 4.45. The van der Waals surface area contributed by atoms with Crippen molar-refractivity contribution in [2.24, 2.45) is 5.92 Å². The van der Waals surface area contributed by atoms with Gasteiger partial charge in [0.1, 0.15) is 0 Å². The van der Waals surface area contributed by atoms with Crippen molar-refractivity contribution in [3.05, 3.63) is 0 Å². The van der Waals surface area contributed by atoms with Gasteiger partial charge in [-0.2, -0.15) is 11.8 Å². The molecule has 1 N–H and O–H groups in total. The van der Waals surface area contributed by atoms with E-state index in [0.29, 0.717) is 6.04 Å². The lowest BCUT2D eigenvalue weighted by Gasteiger charge is -2.25. The predicted octanol–water partition coefficient (Wildman–Crippen LogP) is 1.42. The molecular formula is C11H22N2S. The van der Waals surface area contributed by atoms with Gasteiger partial charge in [0.25, 0.3) is 0 Å². The summed E-state index contributed by atoms with van der Waals surface area (Å²) >= 11 is 2.13. The molecular weight excluding hydrogens is 192 g/mol. The molecule has 2 nitrogen and oxygen atoms in total. The molecule has 0 aromatic carbocycles. The van der Waals surface area contributed by atoms with Crippen LogP contribution in [0.2, 0.25) is 0 Å². The predicted molar refractivity (Wildman–Crippen MR) is 64.0 cm³/mol. The molecule has 2 atom stereocenters. The van der Waals surface area contributed by atoms with Crippen molar-refractivity contribution in [1.29, 1.82) is 0 Å². The van der Waals surface area contributed by atoms with Crippen molar-refractivity contribution in [2.75, 3.05) is 37.7 Å². The first-order valence-corrected chi connectivity index (χ1v) is 7.03. The highest BCUT2D eigenvalue weighted by atomic mass is 32.2. The maximum Gasteiger partial charge on any atom is 0.0166 e. The Morgan fingerprint density at radius 2 is 2.43 bits per heavy atom. The van der Waals surface area contributed by atoms with Gasteiger partial charge in [-0.15, -0.1) is 0 Å². The second-order valence-corrected chi connectivity index (χ2v) is 5.85. The maximum atomic E-state index is 3.55. The van der Waals surface area contributed by atoms with Gasteiger partial charge in [0.05, 0.1) is 0 Å². The highest BCUT2D eigenvalue weighted by Gasteiger charge is 2.21. The van der Waals surface area contributed by atoms with Crippen LogP contribution in [0.25, 0.3) is 0 Å². The van der Waals surface area contributed by atoms with E-state index < -0.39 is 0 Å². The third kappa shape index (κ3) is 3.14. The van der Waals surface area contributed by atoms with Gasteiger partial charge in [-0.3, -0.25) is 0 Å². The van der Waals surface area contributed by atoms with Crippen LogP contribution in [0.15, 0.2) is 0 Å². The molecule has 2 aliphatic heterocycles. The van der Waals surface area contributed by atoms with E-state index >= 15 is 0 Å². The number of nitrogens with zero attached hydrogens (tertiary/aromatic N) is 1. The Kier molecular flexibility index (Phi) is 4.14. The van der Waals surface area contributed by atoms with Crippen molar-refractivity contribution in [2.45, 2.75) is 25.8 Å². The normalized spacial score (nSPS) is 35.8. The SMILES string of the molecule is CC1CN(CC2CCSC2)CCCN1. The molecule has 0 bridgehead atoms. The lowest BCUT2D eigenvalue weighted by Crippen LogP contribution is -2.37. The minimum atomic E-state index is 0.687. The Hall–Kier alpha value is 0.270. The number of nitrogens with one attached hydrogen (secondary N) is 1. The fourth-order valence-electron chi connectivity index (χ4n) is 2.45. The molecule has 0 spiro atoms. The lowest BCUT2D eigenvalue weighted by molar-refractivity contribution is 0.239. The third-order valence-electron chi connectivity index (χ3n) is 3.22. The molecule has 2 saturated heterocycles. The summed E-state index contributed by atoms with van der Waals surface area (Å²) in [5.41, 5.74) is 0. The Bertz CT molecular complexity index is 169. The van der Waals surface area contributed by atoms with Crippen LogP contribution in [-0.4, -0.2) is 48.6 Å². The first-order chi connectivity index (χ1) is 6.84. The van der Waals surface area contributed by atoms with E-state index in [-0.39, 0.29) is 0 Å². The van der Waals surface area contributed by atoms with Crippen molar-refractivity contribution < 1.29 is 0 Å². The average Bonchev–Trinajstić information content (AvgIpc) is 2.56. The van der Waals surface area contributed by atoms with Crippen molar-refractivity contribution >= 4 is 11.8 Å². The van der Waals surface area contributed by atoms with Crippen molar-refractivity contribution in [1.82, 2.24) is 10.2 Å². The Morgan fingerprint density at radius 3 is 3.21 bits per heavy atom. The van der Waals surface area contributed by atoms with Crippen LogP contribution in [0, 0.1) is 5.92 Å². The Morgan fingerprint density at radius 1 is 1.50 bits per heavy atom. The second kappa shape index (κ2) is 5.38. The zero-order valence-corrected chi connectivity index (χ0v) is 9.98. The molecule has 0 saturated carbocycles. The van der Waals surface area contributed by atoms with Gasteiger partial charge in [-0.1, -0.05) is 0 Å². The minimum absolute atomic E-state index is 0.687. The fraction of sp³-hybridized carbons (Fsp3) is 1.00. The zero-order chi connectivity index (χ0) is 9.80. The first kappa shape index (κ1) is 10.8. The highest BCUT2D eigenvalue weighted by molar-refractivity contribution is 7.99. The molecule has 2 aliphatic rings. The van der Waals surface area contributed by atoms with Crippen molar-refractivity contribution in [3.63, 3.8) is 0 Å². The molecule has 14 heavy (non-hydrogen) atoms. The van der Waals surface area contributed by atoms with Crippen molar-refractivity contribution in [3.8, 4) is 0 Å². The molecule has 0 aromatic heterocycles. The summed E-state index contributed by atoms with van der Waals surface area (Å²) in [7, 11) is 0. The molecule has 0 radical (unpaired) electrons. The van der Waals surface area contributed by atoms with Gasteiger partial charge in [-0.05, 0) is 50.3 Å². The van der Waals surface area contributed by atoms with Gasteiger partial charge < -0.3 is 10.2 Å². The van der Waals surface area contributed by atoms with E-state index in [4.69, 9.17) is 0 Å². The summed E-state index contributed by atoms with van der Waals surface area (Å²) in [6.45, 7) is 7.41. The molecule has 0 aliphatic carbocycles. The fourth-order valence-corrected chi connectivity index (χ4v) is 3.72. The zero-order valence-electron chi connectivity index (χ0n) is 9.17. The Labute approximate surface area is 91.8 Å². The van der Waals surface area contributed by atoms with Crippen LogP contribution in [0.3, 0.4) is 0 Å². The largest absolute Gasteiger partial charge is 0.313 e. The van der Waals surface area contributed by atoms with E-state index in [1.54, 1.807) is 0 Å². The molecule has 3 heteroatoms. The summed E-state index contributed by atoms with van der Waals surface area (Å²) in [6.07, 6.45) is 2.77. The summed E-state index contributed by atoms with van der Waals surface area (Å²) in [6, 6.07) is 0.687. The lowest BCUT2D eigenvalue weighted by atomic mass is 10.1. The van der Waals surface area contributed by atoms with E-state index in [0.717, 1.165) is 5.92 Å². The first-order valence-electron chi connectivity index (χ1n) is 5.88. The summed E-state index contributed by atoms with van der Waals surface area (Å²) < 4.78 is 0. The molecule has 2 rings (SSSR count). The van der Waals surface area contributed by atoms with E-state index in [1.807, 2.05) is 0 Å². The van der Waals surface area contributed by atoms with Gasteiger partial charge in [-0.25, -0.2) is 0 Å². The van der Waals surface area contributed by atoms with Gasteiger partial charge in [0.15, 0.2) is 0 Å². The number of hydrogen-bond donors (Lipinski definition) is 1. The number of rotatable bonds is 2. The van der Waals surface area contributed by atoms with Crippen LogP contribution in [0.4, 0.5) is 0 Å². The van der Waals surface area contributed by atoms with E-state index in [2.05, 4.69) is 28.9 Å². The standard InChI is InChI=1S/C11H22N2S/c1-10-7-13(5-2-4-12-10)8-11-3-6-14-9-11/h10-12H,2-9H2,1H3. The van der Waals surface area contributed by atoms with Crippen LogP contribution in [0.1, 0.15) is 19.8 Å². The van der Waals surface area contributed by atoms with Crippen LogP contribution in [-0.2, 0) is 0 Å². The van der Waals surface area contributed by atoms with Crippen LogP contribution in [0.5, 0.6) is 0 Å². The van der Waals surface area contributed by atoms with Gasteiger partial charge in [0.2, 0.25) is 0 Å². The Balaban J connectivity index is 1.77. The molecule has 0 aromatic rings. The summed E-state index contributed by atoms with van der Waals surface area (Å²) in [5.74, 6) is 3.77. The monoisotopic (exact) mass is 214 g/mol. The topological polar surface area (TPSA) is 15.3 Å². The molecule has 0 amide bonds. The van der Waals surface area contributed by atoms with E-state index in [9.17, 15) is 0 Å². The average molecular weight is 214 g/mol. The van der Waals surface area contributed by atoms with Gasteiger partial charge in [0, 0.05) is 19.1 Å². The highest BCUT2D eigenvalue weighted by Crippen LogP contribution is 2.24. The molecule has 2 heterocycles. The minimum Gasteiger partial charge on any atom is -0.313 e. The van der Waals surface area contributed by atoms with Gasteiger partial charge >= 0.3 is 0 Å². The molecule has 82 valence electrons. The summed E-state index contributed by atoms with van der Waals surface area (Å²) in [4.78, 5) is 2.67.